The van der Waals surface area contributed by atoms with Gasteiger partial charge in [-0.3, -0.25) is 14.9 Å². The molecule has 0 aromatic heterocycles. The number of para-hydroxylation sites is 1. The first kappa shape index (κ1) is 18.5. The van der Waals surface area contributed by atoms with Gasteiger partial charge in [-0.1, -0.05) is 24.3 Å². The monoisotopic (exact) mass is 360 g/mol. The molecule has 8 heteroatoms. The van der Waals surface area contributed by atoms with Crippen LogP contribution in [0.5, 0.6) is 0 Å². The van der Waals surface area contributed by atoms with Gasteiger partial charge in [0.1, 0.15) is 0 Å². The van der Waals surface area contributed by atoms with Crippen molar-refractivity contribution in [2.24, 2.45) is 0 Å². The fraction of sp³-hybridized carbons (Fsp3) is 0.176. The van der Waals surface area contributed by atoms with E-state index in [1.807, 2.05) is 0 Å². The van der Waals surface area contributed by atoms with Gasteiger partial charge in [0.15, 0.2) is 0 Å². The number of hydrogen-bond donors (Lipinski definition) is 1. The molecule has 0 heterocycles. The number of non-ortho nitro benzene ring substituents is 1. The van der Waals surface area contributed by atoms with Crippen LogP contribution in [0.3, 0.4) is 0 Å². The Bertz CT molecular complexity index is 777. The topological polar surface area (TPSA) is 98.5 Å². The minimum absolute atomic E-state index is 0.0333. The average molecular weight is 360 g/mol. The van der Waals surface area contributed by atoms with Crippen molar-refractivity contribution in [3.05, 3.63) is 69.8 Å². The Kier molecular flexibility index (Phi) is 6.53. The number of esters is 1. The van der Waals surface area contributed by atoms with Gasteiger partial charge in [0, 0.05) is 17.9 Å². The van der Waals surface area contributed by atoms with Gasteiger partial charge in [-0.25, -0.2) is 4.79 Å². The van der Waals surface area contributed by atoms with Crippen molar-refractivity contribution in [3.8, 4) is 0 Å². The van der Waals surface area contributed by atoms with Gasteiger partial charge in [0.25, 0.3) is 5.69 Å². The third-order valence-corrected chi connectivity index (χ3v) is 4.26. The summed E-state index contributed by atoms with van der Waals surface area (Å²) in [7, 11) is 1.28. The smallest absolute Gasteiger partial charge is 0.339 e. The number of nitro groups is 1. The number of thioether (sulfide) groups is 1. The SMILES string of the molecule is COC(=O)c1ccccc1NC(=O)CSCc1ccc([N+](=O)[O-])cc1. The van der Waals surface area contributed by atoms with Crippen LogP contribution in [0.4, 0.5) is 11.4 Å². The molecule has 1 N–H and O–H groups in total. The van der Waals surface area contributed by atoms with Crippen LogP contribution < -0.4 is 5.32 Å². The average Bonchev–Trinajstić information content (AvgIpc) is 2.62. The van der Waals surface area contributed by atoms with E-state index < -0.39 is 10.9 Å². The standard InChI is InChI=1S/C17H16N2O5S/c1-24-17(21)14-4-2-3-5-15(14)18-16(20)11-25-10-12-6-8-13(9-7-12)19(22)23/h2-9H,10-11H2,1H3,(H,18,20). The van der Waals surface area contributed by atoms with Crippen LogP contribution >= 0.6 is 11.8 Å². The van der Waals surface area contributed by atoms with Gasteiger partial charge in [0.2, 0.25) is 5.91 Å². The maximum atomic E-state index is 12.0. The van der Waals surface area contributed by atoms with Gasteiger partial charge in [-0.2, -0.15) is 0 Å². The highest BCUT2D eigenvalue weighted by Crippen LogP contribution is 2.19. The Balaban J connectivity index is 1.87. The zero-order valence-electron chi connectivity index (χ0n) is 13.4. The molecule has 0 saturated carbocycles. The van der Waals surface area contributed by atoms with Crippen LogP contribution in [-0.4, -0.2) is 29.7 Å². The molecule has 2 rings (SSSR count). The number of amides is 1. The Morgan fingerprint density at radius 2 is 1.84 bits per heavy atom. The number of hydrogen-bond acceptors (Lipinski definition) is 6. The number of ether oxygens (including phenoxy) is 1. The lowest BCUT2D eigenvalue weighted by atomic mass is 10.2. The number of benzene rings is 2. The van der Waals surface area contributed by atoms with Gasteiger partial charge in [-0.15, -0.1) is 11.8 Å². The molecule has 0 atom stereocenters. The number of carbonyl (C=O) groups excluding carboxylic acids is 2. The second-order valence-corrected chi connectivity index (χ2v) is 5.99. The molecule has 1 amide bonds. The summed E-state index contributed by atoms with van der Waals surface area (Å²) in [5, 5.41) is 13.3. The van der Waals surface area contributed by atoms with Crippen molar-refractivity contribution in [2.45, 2.75) is 5.75 Å². The third-order valence-electron chi connectivity index (χ3n) is 3.26. The number of nitrogens with zero attached hydrogens (tertiary/aromatic N) is 1. The van der Waals surface area contributed by atoms with E-state index in [9.17, 15) is 19.7 Å². The molecule has 0 fully saturated rings. The summed E-state index contributed by atoms with van der Waals surface area (Å²) in [6, 6.07) is 12.8. The summed E-state index contributed by atoms with van der Waals surface area (Å²) in [6.07, 6.45) is 0. The van der Waals surface area contributed by atoms with Crippen molar-refractivity contribution in [1.29, 1.82) is 0 Å². The van der Waals surface area contributed by atoms with E-state index in [1.165, 1.54) is 31.0 Å². The number of nitro benzene ring substituents is 1. The molecule has 25 heavy (non-hydrogen) atoms. The third kappa shape index (κ3) is 5.32. The normalized spacial score (nSPS) is 10.1. The molecule has 0 saturated heterocycles. The van der Waals surface area contributed by atoms with Crippen molar-refractivity contribution in [3.63, 3.8) is 0 Å². The summed E-state index contributed by atoms with van der Waals surface area (Å²) < 4.78 is 4.68. The Morgan fingerprint density at radius 1 is 1.16 bits per heavy atom. The van der Waals surface area contributed by atoms with Crippen LogP contribution in [0.2, 0.25) is 0 Å². The lowest BCUT2D eigenvalue weighted by molar-refractivity contribution is -0.384. The molecule has 7 nitrogen and oxygen atoms in total. The van der Waals surface area contributed by atoms with Crippen LogP contribution in [0, 0.1) is 10.1 Å². The summed E-state index contributed by atoms with van der Waals surface area (Å²) in [4.78, 5) is 33.8. The molecule has 2 aromatic rings. The summed E-state index contributed by atoms with van der Waals surface area (Å²) in [5.41, 5.74) is 1.61. The molecular weight excluding hydrogens is 344 g/mol. The maximum Gasteiger partial charge on any atom is 0.339 e. The van der Waals surface area contributed by atoms with Crippen LogP contribution in [0.15, 0.2) is 48.5 Å². The zero-order chi connectivity index (χ0) is 18.2. The lowest BCUT2D eigenvalue weighted by Crippen LogP contribution is -2.17. The van der Waals surface area contributed by atoms with E-state index in [-0.39, 0.29) is 17.3 Å². The summed E-state index contributed by atoms with van der Waals surface area (Å²) >= 11 is 1.37. The van der Waals surface area contributed by atoms with Crippen LogP contribution in [0.25, 0.3) is 0 Å². The highest BCUT2D eigenvalue weighted by molar-refractivity contribution is 7.99. The van der Waals surface area contributed by atoms with E-state index in [0.29, 0.717) is 17.0 Å². The zero-order valence-corrected chi connectivity index (χ0v) is 14.2. The lowest BCUT2D eigenvalue weighted by Gasteiger charge is -2.09. The van der Waals surface area contributed by atoms with E-state index in [0.717, 1.165) is 5.56 Å². The van der Waals surface area contributed by atoms with Crippen molar-refractivity contribution in [1.82, 2.24) is 0 Å². The summed E-state index contributed by atoms with van der Waals surface area (Å²) in [5.74, 6) is -0.0333. The van der Waals surface area contributed by atoms with Crippen molar-refractivity contribution >= 4 is 35.0 Å². The minimum Gasteiger partial charge on any atom is -0.465 e. The van der Waals surface area contributed by atoms with Gasteiger partial charge >= 0.3 is 5.97 Å². The van der Waals surface area contributed by atoms with E-state index in [2.05, 4.69) is 10.1 Å². The predicted molar refractivity (Wildman–Crippen MR) is 95.7 cm³/mol. The first-order valence-electron chi connectivity index (χ1n) is 7.29. The van der Waals surface area contributed by atoms with Gasteiger partial charge in [0.05, 0.1) is 29.0 Å². The molecule has 0 unspecified atom stereocenters. The van der Waals surface area contributed by atoms with E-state index >= 15 is 0 Å². The van der Waals surface area contributed by atoms with Gasteiger partial charge in [-0.05, 0) is 17.7 Å². The van der Waals surface area contributed by atoms with Crippen LogP contribution in [-0.2, 0) is 15.3 Å². The predicted octanol–water partition coefficient (Wildman–Crippen LogP) is 3.25. The highest BCUT2D eigenvalue weighted by Gasteiger charge is 2.13. The number of methoxy groups -OCH3 is 1. The minimum atomic E-state index is -0.519. The van der Waals surface area contributed by atoms with Crippen LogP contribution in [0.1, 0.15) is 15.9 Å². The molecule has 0 radical (unpaired) electrons. The van der Waals surface area contributed by atoms with Gasteiger partial charge < -0.3 is 10.1 Å². The molecule has 2 aromatic carbocycles. The van der Waals surface area contributed by atoms with E-state index in [1.54, 1.807) is 36.4 Å². The molecule has 0 bridgehead atoms. The highest BCUT2D eigenvalue weighted by atomic mass is 32.2. The molecule has 0 aliphatic rings. The molecular formula is C17H16N2O5S. The molecule has 0 aliphatic heterocycles. The fourth-order valence-corrected chi connectivity index (χ4v) is 2.83. The largest absolute Gasteiger partial charge is 0.465 e. The number of anilines is 1. The summed E-state index contributed by atoms with van der Waals surface area (Å²) in [6.45, 7) is 0. The number of carbonyl (C=O) groups is 2. The Labute approximate surface area is 148 Å². The molecule has 0 spiro atoms. The fourth-order valence-electron chi connectivity index (χ4n) is 2.04. The Hall–Kier alpha value is -2.87. The van der Waals surface area contributed by atoms with Crippen molar-refractivity contribution in [2.75, 3.05) is 18.2 Å². The maximum absolute atomic E-state index is 12.0. The quantitative estimate of drug-likeness (QED) is 0.462. The Morgan fingerprint density at radius 3 is 2.48 bits per heavy atom. The second-order valence-electron chi connectivity index (χ2n) is 5.00. The van der Waals surface area contributed by atoms with Crippen molar-refractivity contribution < 1.29 is 19.2 Å². The number of rotatable bonds is 7. The molecule has 0 aliphatic carbocycles. The second kappa shape index (κ2) is 8.84. The first-order valence-corrected chi connectivity index (χ1v) is 8.45. The number of nitrogens with one attached hydrogen (secondary N) is 1. The van der Waals surface area contributed by atoms with E-state index in [4.69, 9.17) is 0 Å². The molecule has 130 valence electrons. The first-order chi connectivity index (χ1) is 12.0.